The van der Waals surface area contributed by atoms with Gasteiger partial charge in [-0.15, -0.1) is 0 Å². The fourth-order valence-electron chi connectivity index (χ4n) is 3.52. The van der Waals surface area contributed by atoms with Gasteiger partial charge in [0, 0.05) is 38.1 Å². The molecule has 146 valence electrons. The maximum Gasteiger partial charge on any atom is 0.410 e. The van der Waals surface area contributed by atoms with Crippen molar-refractivity contribution in [2.75, 3.05) is 13.1 Å². The zero-order valence-corrected chi connectivity index (χ0v) is 16.8. The molecule has 0 aliphatic carbocycles. The molecule has 0 aromatic carbocycles. The van der Waals surface area contributed by atoms with E-state index in [0.29, 0.717) is 5.92 Å². The van der Waals surface area contributed by atoms with E-state index >= 15 is 0 Å². The number of likely N-dealkylation sites (tertiary alicyclic amines) is 1. The van der Waals surface area contributed by atoms with Crippen molar-refractivity contribution in [1.29, 1.82) is 0 Å². The number of hydrogen-bond acceptors (Lipinski definition) is 4. The van der Waals surface area contributed by atoms with Gasteiger partial charge in [0.15, 0.2) is 0 Å². The highest BCUT2D eigenvalue weighted by atomic mass is 16.6. The van der Waals surface area contributed by atoms with Crippen molar-refractivity contribution in [2.45, 2.75) is 52.1 Å². The Bertz CT molecular complexity index is 756. The molecule has 1 amide bonds. The number of piperidine rings is 1. The smallest absolute Gasteiger partial charge is 0.410 e. The predicted octanol–water partition coefficient (Wildman–Crippen LogP) is 4.06. The van der Waals surface area contributed by atoms with E-state index in [1.54, 1.807) is 12.4 Å². The van der Waals surface area contributed by atoms with Gasteiger partial charge in [-0.3, -0.25) is 9.67 Å². The van der Waals surface area contributed by atoms with Crippen LogP contribution in [-0.2, 0) is 18.2 Å². The van der Waals surface area contributed by atoms with E-state index in [0.717, 1.165) is 55.7 Å². The fraction of sp³-hybridized carbons (Fsp3) is 0.571. The van der Waals surface area contributed by atoms with Crippen LogP contribution < -0.4 is 0 Å². The predicted molar refractivity (Wildman–Crippen MR) is 105 cm³/mol. The van der Waals surface area contributed by atoms with Crippen molar-refractivity contribution in [3.8, 4) is 11.3 Å². The molecule has 0 radical (unpaired) electrons. The van der Waals surface area contributed by atoms with Crippen LogP contribution in [0.25, 0.3) is 11.3 Å². The van der Waals surface area contributed by atoms with Crippen LogP contribution in [0.1, 0.15) is 45.7 Å². The molecule has 0 saturated carbocycles. The molecule has 1 aliphatic rings. The van der Waals surface area contributed by atoms with Gasteiger partial charge < -0.3 is 9.64 Å². The molecular formula is C21H30N4O2. The maximum atomic E-state index is 12.2. The van der Waals surface area contributed by atoms with E-state index in [1.807, 2.05) is 49.5 Å². The first-order valence-electron chi connectivity index (χ1n) is 9.73. The normalized spacial score (nSPS) is 15.8. The molecule has 2 aromatic heterocycles. The SMILES string of the molecule is Cn1nc(CCC2CCN(C(=O)OC(C)(C)C)CC2)cc1-c1ccncc1. The summed E-state index contributed by atoms with van der Waals surface area (Å²) in [5.74, 6) is 0.634. The van der Waals surface area contributed by atoms with Crippen LogP contribution in [0.3, 0.4) is 0 Å². The van der Waals surface area contributed by atoms with E-state index in [4.69, 9.17) is 4.74 Å². The molecule has 2 aromatic rings. The summed E-state index contributed by atoms with van der Waals surface area (Å²) in [6.07, 6.45) is 7.56. The minimum atomic E-state index is -0.431. The lowest BCUT2D eigenvalue weighted by Crippen LogP contribution is -2.41. The lowest BCUT2D eigenvalue weighted by molar-refractivity contribution is 0.0181. The lowest BCUT2D eigenvalue weighted by Gasteiger charge is -2.33. The van der Waals surface area contributed by atoms with E-state index in [9.17, 15) is 4.79 Å². The maximum absolute atomic E-state index is 12.2. The van der Waals surface area contributed by atoms with E-state index in [1.165, 1.54) is 0 Å². The second-order valence-electron chi connectivity index (χ2n) is 8.33. The standard InChI is InChI=1S/C21H30N4O2/c1-21(2,3)27-20(26)25-13-9-16(10-14-25)5-6-18-15-19(24(4)23-18)17-7-11-22-12-8-17/h7-8,11-12,15-16H,5-6,9-10,13-14H2,1-4H3. The average molecular weight is 370 g/mol. The molecular weight excluding hydrogens is 340 g/mol. The van der Waals surface area contributed by atoms with Gasteiger partial charge in [-0.2, -0.15) is 5.10 Å². The van der Waals surface area contributed by atoms with E-state index < -0.39 is 5.60 Å². The van der Waals surface area contributed by atoms with Gasteiger partial charge in [-0.25, -0.2) is 4.79 Å². The van der Waals surface area contributed by atoms with Gasteiger partial charge in [0.25, 0.3) is 0 Å². The third kappa shape index (κ3) is 5.31. The van der Waals surface area contributed by atoms with Crippen LogP contribution in [0.2, 0.25) is 0 Å². The van der Waals surface area contributed by atoms with Crippen LogP contribution in [0.5, 0.6) is 0 Å². The van der Waals surface area contributed by atoms with Gasteiger partial charge in [-0.05, 0) is 70.6 Å². The molecule has 3 rings (SSSR count). The first-order valence-corrected chi connectivity index (χ1v) is 9.73. The Kier molecular flexibility index (Phi) is 5.82. The van der Waals surface area contributed by atoms with Gasteiger partial charge in [0.2, 0.25) is 0 Å². The van der Waals surface area contributed by atoms with Gasteiger partial charge >= 0.3 is 6.09 Å². The first-order chi connectivity index (χ1) is 12.8. The number of aryl methyl sites for hydroxylation is 2. The summed E-state index contributed by atoms with van der Waals surface area (Å²) in [6.45, 7) is 7.29. The number of carbonyl (C=O) groups is 1. The van der Waals surface area contributed by atoms with Crippen LogP contribution in [-0.4, -0.2) is 44.4 Å². The molecule has 1 fully saturated rings. The lowest BCUT2D eigenvalue weighted by atomic mass is 9.91. The average Bonchev–Trinajstić information content (AvgIpc) is 3.00. The Balaban J connectivity index is 1.49. The molecule has 0 bridgehead atoms. The number of amides is 1. The van der Waals surface area contributed by atoms with Gasteiger partial charge in [0.1, 0.15) is 5.60 Å². The van der Waals surface area contributed by atoms with Crippen molar-refractivity contribution in [1.82, 2.24) is 19.7 Å². The molecule has 3 heterocycles. The highest BCUT2D eigenvalue weighted by Gasteiger charge is 2.26. The summed E-state index contributed by atoms with van der Waals surface area (Å²) in [5.41, 5.74) is 2.95. The molecule has 1 aliphatic heterocycles. The Labute approximate surface area is 161 Å². The van der Waals surface area contributed by atoms with Gasteiger partial charge in [0.05, 0.1) is 11.4 Å². The molecule has 0 atom stereocenters. The zero-order chi connectivity index (χ0) is 19.4. The number of hydrogen-bond donors (Lipinski definition) is 0. The number of carbonyl (C=O) groups excluding carboxylic acids is 1. The van der Waals surface area contributed by atoms with Gasteiger partial charge in [-0.1, -0.05) is 0 Å². The molecule has 0 N–H and O–H groups in total. The molecule has 0 spiro atoms. The van der Waals surface area contributed by atoms with Crippen LogP contribution in [0, 0.1) is 5.92 Å². The quantitative estimate of drug-likeness (QED) is 0.814. The minimum Gasteiger partial charge on any atom is -0.444 e. The molecule has 1 saturated heterocycles. The van der Waals surface area contributed by atoms with E-state index in [2.05, 4.69) is 16.1 Å². The largest absolute Gasteiger partial charge is 0.444 e. The van der Waals surface area contributed by atoms with Crippen LogP contribution in [0.15, 0.2) is 30.6 Å². The number of pyridine rings is 1. The van der Waals surface area contributed by atoms with Crippen molar-refractivity contribution in [2.24, 2.45) is 13.0 Å². The molecule has 6 heteroatoms. The molecule has 6 nitrogen and oxygen atoms in total. The monoisotopic (exact) mass is 370 g/mol. The summed E-state index contributed by atoms with van der Waals surface area (Å²) in [5, 5.41) is 4.67. The number of aromatic nitrogens is 3. The highest BCUT2D eigenvalue weighted by Crippen LogP contribution is 2.25. The topological polar surface area (TPSA) is 60.2 Å². The fourth-order valence-corrected chi connectivity index (χ4v) is 3.52. The summed E-state index contributed by atoms with van der Waals surface area (Å²) in [6, 6.07) is 6.19. The Morgan fingerprint density at radius 1 is 1.22 bits per heavy atom. The third-order valence-corrected chi connectivity index (χ3v) is 4.98. The summed E-state index contributed by atoms with van der Waals surface area (Å²) >= 11 is 0. The second kappa shape index (κ2) is 8.11. The molecule has 27 heavy (non-hydrogen) atoms. The number of ether oxygens (including phenoxy) is 1. The van der Waals surface area contributed by atoms with Crippen molar-refractivity contribution in [3.63, 3.8) is 0 Å². The summed E-state index contributed by atoms with van der Waals surface area (Å²) in [4.78, 5) is 18.1. The van der Waals surface area contributed by atoms with Crippen molar-refractivity contribution < 1.29 is 9.53 Å². The number of nitrogens with zero attached hydrogens (tertiary/aromatic N) is 4. The highest BCUT2D eigenvalue weighted by molar-refractivity contribution is 5.68. The summed E-state index contributed by atoms with van der Waals surface area (Å²) in [7, 11) is 1.98. The Morgan fingerprint density at radius 2 is 1.89 bits per heavy atom. The molecule has 0 unspecified atom stereocenters. The van der Waals surface area contributed by atoms with Crippen LogP contribution >= 0.6 is 0 Å². The third-order valence-electron chi connectivity index (χ3n) is 4.98. The van der Waals surface area contributed by atoms with Crippen molar-refractivity contribution in [3.05, 3.63) is 36.3 Å². The summed E-state index contributed by atoms with van der Waals surface area (Å²) < 4.78 is 7.41. The Morgan fingerprint density at radius 3 is 2.52 bits per heavy atom. The minimum absolute atomic E-state index is 0.187. The Hall–Kier alpha value is -2.37. The first kappa shape index (κ1) is 19.4. The second-order valence-corrected chi connectivity index (χ2v) is 8.33. The van der Waals surface area contributed by atoms with E-state index in [-0.39, 0.29) is 6.09 Å². The number of rotatable bonds is 4. The van der Waals surface area contributed by atoms with Crippen LogP contribution in [0.4, 0.5) is 4.79 Å². The van der Waals surface area contributed by atoms with Crippen molar-refractivity contribution >= 4 is 6.09 Å². The zero-order valence-electron chi connectivity index (χ0n) is 16.8.